The van der Waals surface area contributed by atoms with E-state index in [1.165, 1.54) is 66.7 Å². The lowest BCUT2D eigenvalue weighted by molar-refractivity contribution is 0.487. The molecule has 0 amide bonds. The van der Waals surface area contributed by atoms with E-state index >= 15 is 0 Å². The zero-order valence-corrected chi connectivity index (χ0v) is 26.0. The molecule has 7 aromatic carbocycles. The fourth-order valence-electron chi connectivity index (χ4n) is 8.47. The van der Waals surface area contributed by atoms with E-state index in [4.69, 9.17) is 4.74 Å². The van der Waals surface area contributed by atoms with Gasteiger partial charge < -0.3 is 9.64 Å². The van der Waals surface area contributed by atoms with Gasteiger partial charge in [0.15, 0.2) is 0 Å². The summed E-state index contributed by atoms with van der Waals surface area (Å²) < 4.78 is 6.41. The maximum atomic E-state index is 6.41. The molecule has 0 aromatic heterocycles. The topological polar surface area (TPSA) is 12.5 Å². The highest BCUT2D eigenvalue weighted by atomic mass is 16.5. The van der Waals surface area contributed by atoms with Crippen LogP contribution in [-0.4, -0.2) is 5.54 Å². The standard InChI is InChI=1S/C45H31NO/c1-45-27-26-29-12-5-6-17-34(29)43(45)39-22-10-19-35(44(39)46(45)32-15-3-2-4-16-32)31-14-9-13-30(28-31)33-24-25-41-42-37(33)20-11-21-38(42)36-18-7-8-23-40(36)47-41/h2-28,43H,1H3. The van der Waals surface area contributed by atoms with Crippen molar-refractivity contribution in [3.63, 3.8) is 0 Å². The lowest BCUT2D eigenvalue weighted by Gasteiger charge is -2.41. The van der Waals surface area contributed by atoms with Gasteiger partial charge in [0.25, 0.3) is 0 Å². The van der Waals surface area contributed by atoms with Crippen molar-refractivity contribution in [2.75, 3.05) is 4.90 Å². The van der Waals surface area contributed by atoms with E-state index in [0.717, 1.165) is 17.1 Å². The molecule has 47 heavy (non-hydrogen) atoms. The summed E-state index contributed by atoms with van der Waals surface area (Å²) in [4.78, 5) is 2.58. The van der Waals surface area contributed by atoms with Crippen LogP contribution in [0, 0.1) is 0 Å². The lowest BCUT2D eigenvalue weighted by Crippen LogP contribution is -2.43. The van der Waals surface area contributed by atoms with Crippen molar-refractivity contribution in [3.8, 4) is 44.9 Å². The monoisotopic (exact) mass is 601 g/mol. The Kier molecular flexibility index (Phi) is 5.51. The Balaban J connectivity index is 1.17. The molecule has 0 bridgehead atoms. The SMILES string of the molecule is CC12C=Cc3ccccc3C1c1cccc(-c3cccc(-c4ccc5c6c(cccc46)-c4ccccc4O5)c3)c1N2c1ccccc1. The molecule has 10 rings (SSSR count). The number of anilines is 2. The maximum Gasteiger partial charge on any atom is 0.135 e. The summed E-state index contributed by atoms with van der Waals surface area (Å²) in [5, 5.41) is 2.38. The predicted octanol–water partition coefficient (Wildman–Crippen LogP) is 12.0. The average Bonchev–Trinajstić information content (AvgIpc) is 3.41. The van der Waals surface area contributed by atoms with Crippen LogP contribution in [0.15, 0.2) is 158 Å². The molecular weight excluding hydrogens is 571 g/mol. The summed E-state index contributed by atoms with van der Waals surface area (Å²) in [6, 6.07) is 55.0. The van der Waals surface area contributed by atoms with E-state index in [1.54, 1.807) is 0 Å². The molecule has 2 atom stereocenters. The third-order valence-corrected chi connectivity index (χ3v) is 10.5. The van der Waals surface area contributed by atoms with Crippen molar-refractivity contribution in [1.29, 1.82) is 0 Å². The van der Waals surface area contributed by atoms with Crippen molar-refractivity contribution in [2.45, 2.75) is 18.4 Å². The fraction of sp³-hybridized carbons (Fsp3) is 0.0667. The Morgan fingerprint density at radius 2 is 1.26 bits per heavy atom. The molecule has 0 fully saturated rings. The maximum absolute atomic E-state index is 6.41. The van der Waals surface area contributed by atoms with Gasteiger partial charge in [0, 0.05) is 28.1 Å². The number of fused-ring (bicyclic) bond motifs is 7. The van der Waals surface area contributed by atoms with Gasteiger partial charge in [-0.1, -0.05) is 133 Å². The van der Waals surface area contributed by atoms with Crippen molar-refractivity contribution in [1.82, 2.24) is 0 Å². The largest absolute Gasteiger partial charge is 0.456 e. The smallest absolute Gasteiger partial charge is 0.135 e. The van der Waals surface area contributed by atoms with Crippen molar-refractivity contribution < 1.29 is 4.74 Å². The first-order valence-corrected chi connectivity index (χ1v) is 16.4. The number of hydrogen-bond donors (Lipinski definition) is 0. The van der Waals surface area contributed by atoms with Crippen LogP contribution < -0.4 is 9.64 Å². The minimum Gasteiger partial charge on any atom is -0.456 e. The van der Waals surface area contributed by atoms with Gasteiger partial charge in [-0.05, 0) is 81.6 Å². The Morgan fingerprint density at radius 1 is 0.553 bits per heavy atom. The number of ether oxygens (including phenoxy) is 1. The third-order valence-electron chi connectivity index (χ3n) is 10.5. The quantitative estimate of drug-likeness (QED) is 0.200. The molecular formula is C45H31NO. The van der Waals surface area contributed by atoms with Crippen LogP contribution in [0.1, 0.15) is 29.5 Å². The molecule has 222 valence electrons. The highest BCUT2D eigenvalue weighted by molar-refractivity contribution is 6.10. The first-order chi connectivity index (χ1) is 23.2. The van der Waals surface area contributed by atoms with E-state index in [9.17, 15) is 0 Å². The molecule has 0 saturated carbocycles. The second-order valence-electron chi connectivity index (χ2n) is 13.1. The van der Waals surface area contributed by atoms with Crippen molar-refractivity contribution in [2.24, 2.45) is 0 Å². The highest BCUT2D eigenvalue weighted by Gasteiger charge is 2.50. The summed E-state index contributed by atoms with van der Waals surface area (Å²) in [6.45, 7) is 2.40. The normalized spacial score (nSPS) is 18.2. The van der Waals surface area contributed by atoms with Crippen LogP contribution in [0.4, 0.5) is 11.4 Å². The zero-order valence-electron chi connectivity index (χ0n) is 26.0. The van der Waals surface area contributed by atoms with Crippen LogP contribution in [0.5, 0.6) is 11.5 Å². The van der Waals surface area contributed by atoms with E-state index < -0.39 is 0 Å². The number of hydrogen-bond acceptors (Lipinski definition) is 2. The molecule has 2 heteroatoms. The third kappa shape index (κ3) is 3.73. The molecule has 2 aliphatic heterocycles. The molecule has 2 unspecified atom stereocenters. The molecule has 7 aromatic rings. The second kappa shape index (κ2) is 9.82. The summed E-state index contributed by atoms with van der Waals surface area (Å²) in [5.41, 5.74) is 13.5. The number of para-hydroxylation sites is 3. The van der Waals surface area contributed by atoms with Gasteiger partial charge >= 0.3 is 0 Å². The summed E-state index contributed by atoms with van der Waals surface area (Å²) in [5.74, 6) is 2.04. The second-order valence-corrected chi connectivity index (χ2v) is 13.1. The predicted molar refractivity (Wildman–Crippen MR) is 195 cm³/mol. The van der Waals surface area contributed by atoms with E-state index in [0.29, 0.717) is 0 Å². The van der Waals surface area contributed by atoms with Crippen molar-refractivity contribution >= 4 is 28.2 Å². The highest BCUT2D eigenvalue weighted by Crippen LogP contribution is 2.59. The van der Waals surface area contributed by atoms with E-state index in [1.807, 2.05) is 6.07 Å². The van der Waals surface area contributed by atoms with Crippen LogP contribution in [0.25, 0.3) is 50.2 Å². The van der Waals surface area contributed by atoms with Gasteiger partial charge in [0.2, 0.25) is 0 Å². The fourth-order valence-corrected chi connectivity index (χ4v) is 8.47. The average molecular weight is 602 g/mol. The van der Waals surface area contributed by atoms with Crippen LogP contribution in [-0.2, 0) is 0 Å². The molecule has 3 aliphatic rings. The Bertz CT molecular complexity index is 2420. The van der Waals surface area contributed by atoms with Crippen LogP contribution >= 0.6 is 0 Å². The Morgan fingerprint density at radius 3 is 2.17 bits per heavy atom. The summed E-state index contributed by atoms with van der Waals surface area (Å²) >= 11 is 0. The first-order valence-electron chi connectivity index (χ1n) is 16.4. The van der Waals surface area contributed by atoms with E-state index in [2.05, 4.69) is 170 Å². The van der Waals surface area contributed by atoms with Gasteiger partial charge in [-0.25, -0.2) is 0 Å². The number of benzene rings is 7. The molecule has 0 radical (unpaired) electrons. The molecule has 0 N–H and O–H groups in total. The molecule has 2 nitrogen and oxygen atoms in total. The zero-order chi connectivity index (χ0) is 31.1. The van der Waals surface area contributed by atoms with E-state index in [-0.39, 0.29) is 11.5 Å². The summed E-state index contributed by atoms with van der Waals surface area (Å²) in [7, 11) is 0. The van der Waals surface area contributed by atoms with Crippen LogP contribution in [0.3, 0.4) is 0 Å². The van der Waals surface area contributed by atoms with Crippen LogP contribution in [0.2, 0.25) is 0 Å². The Hall–Kier alpha value is -5.86. The molecule has 0 spiro atoms. The minimum absolute atomic E-state index is 0.213. The first kappa shape index (κ1) is 26.4. The lowest BCUT2D eigenvalue weighted by atomic mass is 9.73. The summed E-state index contributed by atoms with van der Waals surface area (Å²) in [6.07, 6.45) is 4.73. The number of rotatable bonds is 3. The van der Waals surface area contributed by atoms with Gasteiger partial charge in [0.1, 0.15) is 11.5 Å². The van der Waals surface area contributed by atoms with Gasteiger partial charge in [0.05, 0.1) is 11.2 Å². The molecule has 0 saturated heterocycles. The molecule has 2 heterocycles. The minimum atomic E-state index is -0.252. The van der Waals surface area contributed by atoms with Gasteiger partial charge in [-0.15, -0.1) is 0 Å². The Labute approximate surface area is 274 Å². The van der Waals surface area contributed by atoms with Crippen molar-refractivity contribution in [3.05, 3.63) is 174 Å². The molecule has 1 aliphatic carbocycles. The number of nitrogens with zero attached hydrogens (tertiary/aromatic N) is 1. The van der Waals surface area contributed by atoms with Gasteiger partial charge in [-0.2, -0.15) is 0 Å². The van der Waals surface area contributed by atoms with Gasteiger partial charge in [-0.3, -0.25) is 0 Å².